The van der Waals surface area contributed by atoms with Gasteiger partial charge in [0.25, 0.3) is 11.2 Å². The SMILES string of the molecule is O=c1c2ccccc2c(-c2ccc3occc3c2)nn1-c1cc(N2CCOCC2)ccc1[N+](=O)[O-]. The third-order valence-electron chi connectivity index (χ3n) is 6.29. The molecule has 1 aliphatic rings. The van der Waals surface area contributed by atoms with Gasteiger partial charge in [-0.25, -0.2) is 0 Å². The average Bonchev–Trinajstić information content (AvgIpc) is 3.37. The predicted molar refractivity (Wildman–Crippen MR) is 132 cm³/mol. The fraction of sp³-hybridized carbons (Fsp3) is 0.154. The minimum Gasteiger partial charge on any atom is -0.464 e. The molecule has 0 unspecified atom stereocenters. The smallest absolute Gasteiger partial charge is 0.295 e. The fourth-order valence-electron chi connectivity index (χ4n) is 4.53. The van der Waals surface area contributed by atoms with Crippen molar-refractivity contribution in [1.29, 1.82) is 0 Å². The molecular weight excluding hydrogens is 448 g/mol. The summed E-state index contributed by atoms with van der Waals surface area (Å²) in [6.45, 7) is 2.46. The summed E-state index contributed by atoms with van der Waals surface area (Å²) < 4.78 is 12.0. The van der Waals surface area contributed by atoms with Gasteiger partial charge in [0, 0.05) is 41.2 Å². The van der Waals surface area contributed by atoms with Crippen LogP contribution in [-0.4, -0.2) is 41.0 Å². The summed E-state index contributed by atoms with van der Waals surface area (Å²) in [4.78, 5) is 27.1. The third kappa shape index (κ3) is 3.62. The molecule has 0 amide bonds. The van der Waals surface area contributed by atoms with Crippen LogP contribution in [0.1, 0.15) is 0 Å². The van der Waals surface area contributed by atoms with Gasteiger partial charge in [0.15, 0.2) is 0 Å². The number of nitro benzene ring substituents is 1. The molecule has 0 spiro atoms. The molecule has 6 rings (SSSR count). The maximum Gasteiger partial charge on any atom is 0.295 e. The third-order valence-corrected chi connectivity index (χ3v) is 6.29. The highest BCUT2D eigenvalue weighted by Gasteiger charge is 2.23. The molecular formula is C26H20N4O5. The van der Waals surface area contributed by atoms with E-state index in [1.807, 2.05) is 36.4 Å². The number of hydrogen-bond acceptors (Lipinski definition) is 7. The highest BCUT2D eigenvalue weighted by molar-refractivity contribution is 5.96. The molecule has 2 aromatic heterocycles. The van der Waals surface area contributed by atoms with Gasteiger partial charge in [0.2, 0.25) is 0 Å². The van der Waals surface area contributed by atoms with E-state index in [9.17, 15) is 14.9 Å². The van der Waals surface area contributed by atoms with Gasteiger partial charge in [-0.05, 0) is 42.5 Å². The van der Waals surface area contributed by atoms with Crippen molar-refractivity contribution in [2.45, 2.75) is 0 Å². The molecule has 1 fully saturated rings. The first-order valence-corrected chi connectivity index (χ1v) is 11.2. The number of aromatic nitrogens is 2. The lowest BCUT2D eigenvalue weighted by atomic mass is 10.0. The van der Waals surface area contributed by atoms with Crippen molar-refractivity contribution in [3.8, 4) is 16.9 Å². The first kappa shape index (κ1) is 21.1. The number of benzene rings is 3. The highest BCUT2D eigenvalue weighted by atomic mass is 16.6. The van der Waals surface area contributed by atoms with Crippen LogP contribution in [0.25, 0.3) is 38.7 Å². The number of fused-ring (bicyclic) bond motifs is 2. The first-order chi connectivity index (χ1) is 17.1. The second-order valence-corrected chi connectivity index (χ2v) is 8.31. The molecule has 1 aliphatic heterocycles. The Balaban J connectivity index is 1.61. The summed E-state index contributed by atoms with van der Waals surface area (Å²) in [6, 6.07) is 19.5. The van der Waals surface area contributed by atoms with Gasteiger partial charge in [0.05, 0.1) is 35.5 Å². The van der Waals surface area contributed by atoms with Crippen LogP contribution in [0.3, 0.4) is 0 Å². The van der Waals surface area contributed by atoms with Crippen molar-refractivity contribution < 1.29 is 14.1 Å². The van der Waals surface area contributed by atoms with E-state index in [-0.39, 0.29) is 11.4 Å². The highest BCUT2D eigenvalue weighted by Crippen LogP contribution is 2.32. The standard InChI is InChI=1S/C26H20N4O5/c31-26-21-4-2-1-3-20(21)25(18-5-8-24-17(15-18)9-12-35-24)27-29(26)23-16-19(6-7-22(23)30(32)33)28-10-13-34-14-11-28/h1-9,12,15-16H,10-11,13-14H2. The number of furan rings is 1. The van der Waals surface area contributed by atoms with Crippen molar-refractivity contribution in [3.63, 3.8) is 0 Å². The van der Waals surface area contributed by atoms with Crippen molar-refractivity contribution in [3.05, 3.63) is 93.5 Å². The number of ether oxygens (including phenoxy) is 1. The average molecular weight is 468 g/mol. The van der Waals surface area contributed by atoms with Crippen molar-refractivity contribution in [2.24, 2.45) is 0 Å². The Kier molecular flexibility index (Phi) is 5.04. The number of anilines is 1. The Morgan fingerprint density at radius 1 is 0.943 bits per heavy atom. The maximum atomic E-state index is 13.6. The summed E-state index contributed by atoms with van der Waals surface area (Å²) in [5.74, 6) is 0. The minimum atomic E-state index is -0.487. The number of hydrogen-bond donors (Lipinski definition) is 0. The molecule has 35 heavy (non-hydrogen) atoms. The second kappa shape index (κ2) is 8.37. The van der Waals surface area contributed by atoms with Crippen LogP contribution in [0, 0.1) is 10.1 Å². The van der Waals surface area contributed by atoms with Gasteiger partial charge in [-0.2, -0.15) is 9.78 Å². The Hall–Kier alpha value is -4.50. The topological polar surface area (TPSA) is 104 Å². The molecule has 0 aliphatic carbocycles. The molecule has 0 N–H and O–H groups in total. The van der Waals surface area contributed by atoms with Crippen LogP contribution in [0.15, 0.2) is 82.2 Å². The Morgan fingerprint density at radius 2 is 1.74 bits per heavy atom. The molecule has 0 atom stereocenters. The Bertz CT molecular complexity index is 1650. The summed E-state index contributed by atoms with van der Waals surface area (Å²) in [7, 11) is 0. The first-order valence-electron chi connectivity index (χ1n) is 11.2. The number of nitro groups is 1. The molecule has 0 bridgehead atoms. The van der Waals surface area contributed by atoms with Crippen molar-refractivity contribution in [2.75, 3.05) is 31.2 Å². The van der Waals surface area contributed by atoms with Crippen LogP contribution in [0.4, 0.5) is 11.4 Å². The lowest BCUT2D eigenvalue weighted by Crippen LogP contribution is -2.36. The van der Waals surface area contributed by atoms with Gasteiger partial charge in [0.1, 0.15) is 11.3 Å². The molecule has 3 aromatic carbocycles. The number of nitrogens with zero attached hydrogens (tertiary/aromatic N) is 4. The molecule has 1 saturated heterocycles. The number of rotatable bonds is 4. The molecule has 3 heterocycles. The van der Waals surface area contributed by atoms with E-state index in [2.05, 4.69) is 10.00 Å². The molecule has 9 nitrogen and oxygen atoms in total. The second-order valence-electron chi connectivity index (χ2n) is 8.31. The largest absolute Gasteiger partial charge is 0.464 e. The van der Waals surface area contributed by atoms with Crippen LogP contribution in [0.2, 0.25) is 0 Å². The van der Waals surface area contributed by atoms with Crippen LogP contribution in [-0.2, 0) is 4.74 Å². The van der Waals surface area contributed by atoms with Gasteiger partial charge in [-0.3, -0.25) is 14.9 Å². The van der Waals surface area contributed by atoms with E-state index in [0.717, 1.165) is 26.9 Å². The lowest BCUT2D eigenvalue weighted by molar-refractivity contribution is -0.384. The minimum absolute atomic E-state index is 0.125. The van der Waals surface area contributed by atoms with Gasteiger partial charge in [-0.15, -0.1) is 0 Å². The zero-order valence-corrected chi connectivity index (χ0v) is 18.6. The maximum absolute atomic E-state index is 13.6. The fourth-order valence-corrected chi connectivity index (χ4v) is 4.53. The van der Waals surface area contributed by atoms with Gasteiger partial charge >= 0.3 is 0 Å². The molecule has 5 aromatic rings. The zero-order chi connectivity index (χ0) is 23.9. The summed E-state index contributed by atoms with van der Waals surface area (Å²) in [5.41, 5.74) is 2.35. The van der Waals surface area contributed by atoms with E-state index in [4.69, 9.17) is 9.15 Å². The van der Waals surface area contributed by atoms with Crippen LogP contribution < -0.4 is 10.5 Å². The predicted octanol–water partition coefficient (Wildman–Crippen LogP) is 4.54. The van der Waals surface area contributed by atoms with E-state index in [0.29, 0.717) is 42.8 Å². The van der Waals surface area contributed by atoms with E-state index in [1.165, 1.54) is 6.07 Å². The Labute approximate surface area is 198 Å². The molecule has 0 saturated carbocycles. The summed E-state index contributed by atoms with van der Waals surface area (Å²) in [5, 5.41) is 18.6. The van der Waals surface area contributed by atoms with Crippen molar-refractivity contribution in [1.82, 2.24) is 9.78 Å². The summed E-state index contributed by atoms with van der Waals surface area (Å²) >= 11 is 0. The molecule has 174 valence electrons. The normalized spacial score (nSPS) is 14.0. The summed E-state index contributed by atoms with van der Waals surface area (Å²) in [6.07, 6.45) is 1.61. The Morgan fingerprint density at radius 3 is 2.54 bits per heavy atom. The van der Waals surface area contributed by atoms with Gasteiger partial charge in [-0.1, -0.05) is 18.2 Å². The van der Waals surface area contributed by atoms with Crippen LogP contribution in [0.5, 0.6) is 0 Å². The number of morpholine rings is 1. The van der Waals surface area contributed by atoms with E-state index < -0.39 is 10.5 Å². The molecule has 9 heteroatoms. The van der Waals surface area contributed by atoms with Crippen molar-refractivity contribution >= 4 is 33.1 Å². The van der Waals surface area contributed by atoms with E-state index in [1.54, 1.807) is 30.5 Å². The van der Waals surface area contributed by atoms with E-state index >= 15 is 0 Å². The zero-order valence-electron chi connectivity index (χ0n) is 18.6. The van der Waals surface area contributed by atoms with Crippen LogP contribution >= 0.6 is 0 Å². The quantitative estimate of drug-likeness (QED) is 0.282. The lowest BCUT2D eigenvalue weighted by Gasteiger charge is -2.29. The van der Waals surface area contributed by atoms with Gasteiger partial charge < -0.3 is 14.1 Å². The monoisotopic (exact) mass is 468 g/mol. The molecule has 0 radical (unpaired) electrons.